The summed E-state index contributed by atoms with van der Waals surface area (Å²) < 4.78 is 25.7. The summed E-state index contributed by atoms with van der Waals surface area (Å²) in [6.07, 6.45) is 0.361. The molecule has 0 aliphatic carbocycles. The van der Waals surface area contributed by atoms with E-state index in [-0.39, 0.29) is 77.6 Å². The Morgan fingerprint density at radius 3 is 2.23 bits per heavy atom. The minimum Gasteiger partial charge on any atom is -0.507 e. The van der Waals surface area contributed by atoms with Gasteiger partial charge in [-0.1, -0.05) is 33.3 Å². The number of carbonyl (C=O) groups excluding carboxylic acids is 1. The first-order valence-corrected chi connectivity index (χ1v) is 11.3. The molecule has 0 aliphatic rings. The fourth-order valence-corrected chi connectivity index (χ4v) is 3.69. The molecule has 0 saturated carbocycles. The standard InChI is InChI=1S/C26H33FO7.Na/c1-5-7-19-21(11-9-18(16(2)28)24(19)31)33-12-6-13-34-22-10-8-17(14-20(22)27)25(32)26(3,4)15-23(29)30;/h8-11,14,25,31-32H,5-7,12-13,15H2,1-4H3,(H,29,30);. The zero-order valence-electron chi connectivity index (χ0n) is 21.1. The molecular weight excluding hydrogens is 466 g/mol. The number of carbonyl (C=O) groups is 2. The number of rotatable bonds is 13. The molecule has 0 aromatic heterocycles. The number of aliphatic carboxylic acids is 1. The first-order valence-electron chi connectivity index (χ1n) is 11.3. The first kappa shape index (κ1) is 30.9. The number of ether oxygens (including phenoxy) is 2. The molecule has 1 atom stereocenters. The molecule has 2 aromatic rings. The second-order valence-corrected chi connectivity index (χ2v) is 8.95. The Bertz CT molecular complexity index is 1020. The van der Waals surface area contributed by atoms with E-state index in [2.05, 4.69) is 0 Å². The van der Waals surface area contributed by atoms with Gasteiger partial charge in [0.05, 0.1) is 31.3 Å². The number of phenolic OH excluding ortho intramolecular Hbond substituents is 1. The normalized spacial score (nSPS) is 11.9. The van der Waals surface area contributed by atoms with E-state index in [1.54, 1.807) is 19.9 Å². The van der Waals surface area contributed by atoms with Crippen LogP contribution in [0.5, 0.6) is 17.2 Å². The molecule has 1 radical (unpaired) electrons. The van der Waals surface area contributed by atoms with Gasteiger partial charge < -0.3 is 24.8 Å². The van der Waals surface area contributed by atoms with Crippen LogP contribution in [0.3, 0.4) is 0 Å². The molecule has 7 nitrogen and oxygen atoms in total. The van der Waals surface area contributed by atoms with Gasteiger partial charge in [0.1, 0.15) is 11.5 Å². The van der Waals surface area contributed by atoms with Gasteiger partial charge >= 0.3 is 5.97 Å². The Kier molecular flexibility index (Phi) is 12.2. The summed E-state index contributed by atoms with van der Waals surface area (Å²) in [4.78, 5) is 22.7. The number of hydrogen-bond acceptors (Lipinski definition) is 6. The van der Waals surface area contributed by atoms with Crippen molar-refractivity contribution < 1.29 is 38.8 Å². The third kappa shape index (κ3) is 8.49. The molecule has 3 N–H and O–H groups in total. The van der Waals surface area contributed by atoms with Crippen molar-refractivity contribution in [1.29, 1.82) is 0 Å². The quantitative estimate of drug-likeness (QED) is 0.208. The number of carboxylic acids is 1. The van der Waals surface area contributed by atoms with Crippen LogP contribution in [0.15, 0.2) is 30.3 Å². The van der Waals surface area contributed by atoms with Crippen LogP contribution >= 0.6 is 0 Å². The third-order valence-electron chi connectivity index (χ3n) is 5.54. The molecule has 0 aliphatic heterocycles. The second kappa shape index (κ2) is 13.8. The van der Waals surface area contributed by atoms with Crippen LogP contribution in [-0.4, -0.2) is 69.8 Å². The Morgan fingerprint density at radius 1 is 1.09 bits per heavy atom. The maximum atomic E-state index is 14.5. The van der Waals surface area contributed by atoms with E-state index in [0.29, 0.717) is 24.2 Å². The van der Waals surface area contributed by atoms with Gasteiger partial charge in [-0.15, -0.1) is 0 Å². The zero-order valence-corrected chi connectivity index (χ0v) is 23.1. The Morgan fingerprint density at radius 2 is 1.69 bits per heavy atom. The maximum Gasteiger partial charge on any atom is 0.303 e. The van der Waals surface area contributed by atoms with Gasteiger partial charge in [-0.05, 0) is 43.2 Å². The van der Waals surface area contributed by atoms with Crippen LogP contribution in [0, 0.1) is 11.2 Å². The average Bonchev–Trinajstić information content (AvgIpc) is 2.75. The van der Waals surface area contributed by atoms with E-state index < -0.39 is 23.3 Å². The maximum absolute atomic E-state index is 14.5. The van der Waals surface area contributed by atoms with Gasteiger partial charge in [0.2, 0.25) is 0 Å². The predicted molar refractivity (Wildman–Crippen MR) is 131 cm³/mol. The topological polar surface area (TPSA) is 113 Å². The number of benzene rings is 2. The van der Waals surface area contributed by atoms with Crippen molar-refractivity contribution in [3.63, 3.8) is 0 Å². The molecule has 0 fully saturated rings. The third-order valence-corrected chi connectivity index (χ3v) is 5.54. The van der Waals surface area contributed by atoms with E-state index in [9.17, 15) is 24.2 Å². The number of Topliss-reactive ketones (excluding diaryl/α,β-unsaturated/α-hetero) is 1. The van der Waals surface area contributed by atoms with Crippen LogP contribution in [0.2, 0.25) is 0 Å². The fourth-order valence-electron chi connectivity index (χ4n) is 3.69. The largest absolute Gasteiger partial charge is 0.507 e. The monoisotopic (exact) mass is 499 g/mol. The fraction of sp³-hybridized carbons (Fsp3) is 0.462. The Balaban J connectivity index is 0.00000612. The average molecular weight is 500 g/mol. The minimum atomic E-state index is -1.15. The molecule has 0 spiro atoms. The van der Waals surface area contributed by atoms with Gasteiger partial charge in [0, 0.05) is 47.0 Å². The van der Waals surface area contributed by atoms with Gasteiger partial charge in [-0.25, -0.2) is 4.39 Å². The van der Waals surface area contributed by atoms with Crippen molar-refractivity contribution in [3.05, 3.63) is 52.8 Å². The van der Waals surface area contributed by atoms with Crippen molar-refractivity contribution in [2.75, 3.05) is 13.2 Å². The number of hydrogen-bond donors (Lipinski definition) is 3. The molecule has 0 bridgehead atoms. The Hall–Kier alpha value is -2.13. The van der Waals surface area contributed by atoms with Crippen LogP contribution < -0.4 is 9.47 Å². The van der Waals surface area contributed by atoms with Crippen LogP contribution in [0.4, 0.5) is 4.39 Å². The van der Waals surface area contributed by atoms with Gasteiger partial charge in [0.25, 0.3) is 0 Å². The number of aliphatic hydroxyl groups is 1. The second-order valence-electron chi connectivity index (χ2n) is 8.95. The SMILES string of the molecule is CCCc1c(OCCCOc2ccc(C(O)C(C)(C)CC(=O)O)cc2F)ccc(C(C)=O)c1O.[Na]. The molecule has 1 unspecified atom stereocenters. The molecule has 35 heavy (non-hydrogen) atoms. The van der Waals surface area contributed by atoms with Gasteiger partial charge in [-0.2, -0.15) is 0 Å². The number of halogens is 1. The summed E-state index contributed by atoms with van der Waals surface area (Å²) in [5.74, 6) is -1.46. The smallest absolute Gasteiger partial charge is 0.303 e. The molecule has 187 valence electrons. The van der Waals surface area contributed by atoms with E-state index in [1.807, 2.05) is 6.92 Å². The Labute approximate surface area is 227 Å². The van der Waals surface area contributed by atoms with Crippen molar-refractivity contribution in [2.24, 2.45) is 5.41 Å². The summed E-state index contributed by atoms with van der Waals surface area (Å²) in [6, 6.07) is 7.27. The molecule has 2 rings (SSSR count). The zero-order chi connectivity index (χ0) is 25.5. The van der Waals surface area contributed by atoms with E-state index >= 15 is 0 Å². The summed E-state index contributed by atoms with van der Waals surface area (Å²) in [6.45, 7) is 7.00. The summed E-state index contributed by atoms with van der Waals surface area (Å²) >= 11 is 0. The molecule has 0 heterocycles. The summed E-state index contributed by atoms with van der Waals surface area (Å²) in [5, 5.41) is 29.9. The minimum absolute atomic E-state index is 0. The number of aliphatic hydroxyl groups excluding tert-OH is 1. The van der Waals surface area contributed by atoms with Crippen molar-refractivity contribution in [1.82, 2.24) is 0 Å². The number of aromatic hydroxyl groups is 1. The van der Waals surface area contributed by atoms with Crippen molar-refractivity contribution >= 4 is 41.3 Å². The number of phenols is 1. The van der Waals surface area contributed by atoms with Crippen LogP contribution in [0.25, 0.3) is 0 Å². The number of carboxylic acid groups (broad SMARTS) is 1. The summed E-state index contributed by atoms with van der Waals surface area (Å²) in [5.41, 5.74) is 0.152. The summed E-state index contributed by atoms with van der Waals surface area (Å²) in [7, 11) is 0. The van der Waals surface area contributed by atoms with Gasteiger partial charge in [0.15, 0.2) is 17.3 Å². The van der Waals surface area contributed by atoms with Crippen LogP contribution in [-0.2, 0) is 11.2 Å². The first-order chi connectivity index (χ1) is 16.0. The van der Waals surface area contributed by atoms with Crippen LogP contribution in [0.1, 0.15) is 74.5 Å². The van der Waals surface area contributed by atoms with E-state index in [1.165, 1.54) is 25.1 Å². The molecule has 0 saturated heterocycles. The van der Waals surface area contributed by atoms with Crippen molar-refractivity contribution in [2.45, 2.75) is 59.5 Å². The molecule has 9 heteroatoms. The van der Waals surface area contributed by atoms with Gasteiger partial charge in [-0.3, -0.25) is 9.59 Å². The number of ketones is 1. The van der Waals surface area contributed by atoms with E-state index in [4.69, 9.17) is 14.6 Å². The van der Waals surface area contributed by atoms with E-state index in [0.717, 1.165) is 12.5 Å². The van der Waals surface area contributed by atoms with Crippen molar-refractivity contribution in [3.8, 4) is 17.2 Å². The molecular formula is C26H33FNaO7. The molecule has 2 aromatic carbocycles. The predicted octanol–water partition coefficient (Wildman–Crippen LogP) is 4.69. The molecule has 0 amide bonds.